The molecular weight excluding hydrogens is 398 g/mol. The Morgan fingerprint density at radius 3 is 2.47 bits per heavy atom. The summed E-state index contributed by atoms with van der Waals surface area (Å²) < 4.78 is 0. The van der Waals surface area contributed by atoms with Crippen LogP contribution >= 0.6 is 11.6 Å². The minimum atomic E-state index is -0.434. The first kappa shape index (κ1) is 18.5. The van der Waals surface area contributed by atoms with E-state index in [0.29, 0.717) is 10.7 Å². The number of amides is 1. The fourth-order valence-corrected chi connectivity index (χ4v) is 4.08. The van der Waals surface area contributed by atoms with E-state index in [1.807, 2.05) is 49.4 Å². The molecule has 5 nitrogen and oxygen atoms in total. The van der Waals surface area contributed by atoms with Crippen LogP contribution in [0.5, 0.6) is 5.75 Å². The molecule has 2 heterocycles. The van der Waals surface area contributed by atoms with Gasteiger partial charge in [-0.15, -0.1) is 0 Å². The Bertz CT molecular complexity index is 1250. The molecule has 30 heavy (non-hydrogen) atoms. The number of nitrogens with one attached hydrogen (secondary N) is 1. The smallest absolute Gasteiger partial charge is 0.277 e. The highest BCUT2D eigenvalue weighted by Crippen LogP contribution is 2.45. The summed E-state index contributed by atoms with van der Waals surface area (Å²) in [6.45, 7) is 2.03. The molecule has 0 bridgehead atoms. The van der Waals surface area contributed by atoms with E-state index in [4.69, 9.17) is 11.6 Å². The molecule has 0 saturated carbocycles. The Hall–Kier alpha value is -3.57. The van der Waals surface area contributed by atoms with E-state index in [0.717, 1.165) is 33.6 Å². The lowest BCUT2D eigenvalue weighted by molar-refractivity contribution is 0.0988. The van der Waals surface area contributed by atoms with Crippen molar-refractivity contribution in [3.8, 4) is 17.0 Å². The number of halogens is 1. The Kier molecular flexibility index (Phi) is 4.33. The van der Waals surface area contributed by atoms with E-state index in [2.05, 4.69) is 10.2 Å². The molecule has 1 amide bonds. The normalized spacial score (nSPS) is 15.5. The number of aromatic amines is 1. The quantitative estimate of drug-likeness (QED) is 0.464. The summed E-state index contributed by atoms with van der Waals surface area (Å²) >= 11 is 6.06. The predicted octanol–water partition coefficient (Wildman–Crippen LogP) is 5.49. The molecule has 1 aromatic heterocycles. The van der Waals surface area contributed by atoms with Gasteiger partial charge in [0, 0.05) is 21.8 Å². The molecule has 6 heteroatoms. The molecule has 0 saturated heterocycles. The third-order valence-corrected chi connectivity index (χ3v) is 5.64. The fraction of sp³-hybridized carbons (Fsp3) is 0.0833. The largest absolute Gasteiger partial charge is 0.508 e. The molecule has 0 aliphatic carbocycles. The van der Waals surface area contributed by atoms with Crippen LogP contribution in [-0.4, -0.2) is 21.2 Å². The summed E-state index contributed by atoms with van der Waals surface area (Å²) in [4.78, 5) is 15.1. The van der Waals surface area contributed by atoms with Crippen LogP contribution in [0, 0.1) is 6.92 Å². The Morgan fingerprint density at radius 2 is 1.77 bits per heavy atom. The van der Waals surface area contributed by atoms with Gasteiger partial charge in [-0.2, -0.15) is 5.10 Å². The molecule has 0 spiro atoms. The standard InChI is InChI=1S/C24H18ClN3O2/c1-14-5-7-15(8-6-14)21-20-22(27-26-21)24(30)28(18-11-9-17(25)10-12-18)23(20)16-3-2-4-19(29)13-16/h2-13,23,29H,1H3,(H,26,27)/t23-/m0/s1. The number of nitrogens with zero attached hydrogens (tertiary/aromatic N) is 2. The first-order chi connectivity index (χ1) is 14.5. The van der Waals surface area contributed by atoms with Gasteiger partial charge in [0.15, 0.2) is 0 Å². The van der Waals surface area contributed by atoms with Crippen LogP contribution in [-0.2, 0) is 0 Å². The first-order valence-corrected chi connectivity index (χ1v) is 9.94. The number of rotatable bonds is 3. The number of aromatic nitrogens is 2. The summed E-state index contributed by atoms with van der Waals surface area (Å²) in [5, 5.41) is 18.1. The van der Waals surface area contributed by atoms with E-state index in [9.17, 15) is 9.90 Å². The number of H-pyrrole nitrogens is 1. The lowest BCUT2D eigenvalue weighted by atomic mass is 9.95. The van der Waals surface area contributed by atoms with E-state index >= 15 is 0 Å². The molecule has 0 fully saturated rings. The highest BCUT2D eigenvalue weighted by atomic mass is 35.5. The number of carbonyl (C=O) groups is 1. The molecule has 1 aliphatic rings. The van der Waals surface area contributed by atoms with Crippen LogP contribution < -0.4 is 4.90 Å². The van der Waals surface area contributed by atoms with Crippen LogP contribution in [0.25, 0.3) is 11.3 Å². The van der Waals surface area contributed by atoms with Crippen molar-refractivity contribution in [2.24, 2.45) is 0 Å². The molecule has 1 atom stereocenters. The lowest BCUT2D eigenvalue weighted by Gasteiger charge is -2.26. The topological polar surface area (TPSA) is 69.2 Å². The van der Waals surface area contributed by atoms with Crippen LogP contribution in [0.2, 0.25) is 5.02 Å². The van der Waals surface area contributed by atoms with Gasteiger partial charge >= 0.3 is 0 Å². The van der Waals surface area contributed by atoms with Gasteiger partial charge in [0.05, 0.1) is 11.7 Å². The Balaban J connectivity index is 1.72. The molecule has 4 aromatic rings. The Labute approximate surface area is 178 Å². The summed E-state index contributed by atoms with van der Waals surface area (Å²) in [6, 6.07) is 21.7. The zero-order valence-corrected chi connectivity index (χ0v) is 16.9. The fourth-order valence-electron chi connectivity index (χ4n) is 3.96. The maximum atomic E-state index is 13.4. The van der Waals surface area contributed by atoms with Crippen molar-refractivity contribution in [2.75, 3.05) is 4.90 Å². The maximum Gasteiger partial charge on any atom is 0.277 e. The third-order valence-electron chi connectivity index (χ3n) is 5.38. The Morgan fingerprint density at radius 1 is 1.03 bits per heavy atom. The highest BCUT2D eigenvalue weighted by Gasteiger charge is 2.43. The molecule has 0 unspecified atom stereocenters. The number of aryl methyl sites for hydroxylation is 1. The van der Waals surface area contributed by atoms with Crippen molar-refractivity contribution in [1.29, 1.82) is 0 Å². The van der Waals surface area contributed by atoms with E-state index in [1.165, 1.54) is 0 Å². The minimum absolute atomic E-state index is 0.143. The van der Waals surface area contributed by atoms with Crippen molar-refractivity contribution in [2.45, 2.75) is 13.0 Å². The average Bonchev–Trinajstić information content (AvgIpc) is 3.28. The van der Waals surface area contributed by atoms with Crippen LogP contribution in [0.3, 0.4) is 0 Å². The SMILES string of the molecule is Cc1ccc(-c2n[nH]c3c2[C@H](c2cccc(O)c2)N(c2ccc(Cl)cc2)C3=O)cc1. The van der Waals surface area contributed by atoms with Crippen molar-refractivity contribution < 1.29 is 9.90 Å². The zero-order chi connectivity index (χ0) is 20.8. The molecule has 5 rings (SSSR count). The predicted molar refractivity (Wildman–Crippen MR) is 117 cm³/mol. The molecule has 0 radical (unpaired) electrons. The van der Waals surface area contributed by atoms with Gasteiger partial charge in [-0.1, -0.05) is 53.6 Å². The van der Waals surface area contributed by atoms with Crippen LogP contribution in [0.4, 0.5) is 5.69 Å². The number of benzene rings is 3. The summed E-state index contributed by atoms with van der Waals surface area (Å²) in [7, 11) is 0. The lowest BCUT2D eigenvalue weighted by Crippen LogP contribution is -2.29. The van der Waals surface area contributed by atoms with Crippen molar-refractivity contribution in [1.82, 2.24) is 10.2 Å². The number of carbonyl (C=O) groups excluding carboxylic acids is 1. The summed E-state index contributed by atoms with van der Waals surface area (Å²) in [5.74, 6) is -0.0311. The van der Waals surface area contributed by atoms with Gasteiger partial charge in [0.2, 0.25) is 0 Å². The van der Waals surface area contributed by atoms with Gasteiger partial charge < -0.3 is 5.11 Å². The number of hydrogen-bond acceptors (Lipinski definition) is 3. The van der Waals surface area contributed by atoms with E-state index < -0.39 is 6.04 Å². The second-order valence-electron chi connectivity index (χ2n) is 7.38. The second kappa shape index (κ2) is 7.04. The monoisotopic (exact) mass is 415 g/mol. The van der Waals surface area contributed by atoms with E-state index in [1.54, 1.807) is 35.2 Å². The van der Waals surface area contributed by atoms with Gasteiger partial charge in [-0.3, -0.25) is 14.8 Å². The third kappa shape index (κ3) is 2.95. The van der Waals surface area contributed by atoms with E-state index in [-0.39, 0.29) is 11.7 Å². The van der Waals surface area contributed by atoms with Crippen molar-refractivity contribution in [3.05, 3.63) is 100 Å². The summed E-state index contributed by atoms with van der Waals surface area (Å²) in [5.41, 5.74) is 5.56. The van der Waals surface area contributed by atoms with Crippen LogP contribution in [0.1, 0.15) is 33.2 Å². The van der Waals surface area contributed by atoms with Crippen molar-refractivity contribution >= 4 is 23.2 Å². The molecule has 148 valence electrons. The summed E-state index contributed by atoms with van der Waals surface area (Å²) in [6.07, 6.45) is 0. The molecular formula is C24H18ClN3O2. The number of phenols is 1. The maximum absolute atomic E-state index is 13.4. The van der Waals surface area contributed by atoms with Crippen LogP contribution in [0.15, 0.2) is 72.8 Å². The van der Waals surface area contributed by atoms with Gasteiger partial charge in [-0.05, 0) is 48.9 Å². The molecule has 1 aliphatic heterocycles. The number of fused-ring (bicyclic) bond motifs is 1. The van der Waals surface area contributed by atoms with Gasteiger partial charge in [0.1, 0.15) is 11.4 Å². The second-order valence-corrected chi connectivity index (χ2v) is 7.81. The number of anilines is 1. The van der Waals surface area contributed by atoms with Gasteiger partial charge in [0.25, 0.3) is 5.91 Å². The average molecular weight is 416 g/mol. The van der Waals surface area contributed by atoms with Crippen molar-refractivity contribution in [3.63, 3.8) is 0 Å². The highest BCUT2D eigenvalue weighted by molar-refractivity contribution is 6.30. The van der Waals surface area contributed by atoms with Gasteiger partial charge in [-0.25, -0.2) is 0 Å². The number of phenolic OH excluding ortho intramolecular Hbond substituents is 1. The minimum Gasteiger partial charge on any atom is -0.508 e. The molecule has 2 N–H and O–H groups in total. The zero-order valence-electron chi connectivity index (χ0n) is 16.1. The number of aromatic hydroxyl groups is 1. The number of hydrogen-bond donors (Lipinski definition) is 2. The first-order valence-electron chi connectivity index (χ1n) is 9.56. The molecule has 3 aromatic carbocycles.